The molecule has 0 unspecified atom stereocenters. The number of rotatable bonds is 2. The van der Waals surface area contributed by atoms with Crippen LogP contribution in [0.3, 0.4) is 0 Å². The molecule has 0 aromatic heterocycles. The van der Waals surface area contributed by atoms with Gasteiger partial charge in [-0.1, -0.05) is 5.57 Å². The van der Waals surface area contributed by atoms with E-state index in [4.69, 9.17) is 0 Å². The first-order chi connectivity index (χ1) is 5.70. The van der Waals surface area contributed by atoms with Crippen LogP contribution in [0.2, 0.25) is 0 Å². The van der Waals surface area contributed by atoms with Gasteiger partial charge in [-0.25, -0.2) is 0 Å². The molecule has 1 rings (SSSR count). The van der Waals surface area contributed by atoms with Gasteiger partial charge in [0.2, 0.25) is 0 Å². The van der Waals surface area contributed by atoms with Gasteiger partial charge in [0.25, 0.3) is 0 Å². The van der Waals surface area contributed by atoms with Gasteiger partial charge in [-0.3, -0.25) is 9.59 Å². The Bertz CT molecular complexity index is 273. The van der Waals surface area contributed by atoms with Gasteiger partial charge in [0, 0.05) is 5.57 Å². The molecular formula is C9H10O3. The predicted octanol–water partition coefficient (Wildman–Crippen LogP) is 0.392. The number of allylic oxidation sites excluding steroid dienone is 1. The molecule has 3 heteroatoms. The molecule has 0 spiro atoms. The van der Waals surface area contributed by atoms with Crippen LogP contribution in [-0.2, 0) is 9.59 Å². The minimum absolute atomic E-state index is 0.442. The van der Waals surface area contributed by atoms with Crippen molar-refractivity contribution in [3.63, 3.8) is 0 Å². The highest BCUT2D eigenvalue weighted by Crippen LogP contribution is 2.29. The van der Waals surface area contributed by atoms with Crippen molar-refractivity contribution in [2.24, 2.45) is 0 Å². The monoisotopic (exact) mass is 166 g/mol. The lowest BCUT2D eigenvalue weighted by Gasteiger charge is -2.02. The quantitative estimate of drug-likeness (QED) is 0.477. The van der Waals surface area contributed by atoms with Crippen LogP contribution in [0.4, 0.5) is 0 Å². The molecule has 0 heterocycles. The van der Waals surface area contributed by atoms with Gasteiger partial charge < -0.3 is 5.11 Å². The van der Waals surface area contributed by atoms with E-state index in [0.29, 0.717) is 30.1 Å². The van der Waals surface area contributed by atoms with Gasteiger partial charge in [0.15, 0.2) is 0 Å². The highest BCUT2D eigenvalue weighted by atomic mass is 16.3. The van der Waals surface area contributed by atoms with Crippen LogP contribution in [0.5, 0.6) is 0 Å². The molecule has 0 aromatic carbocycles. The zero-order chi connectivity index (χ0) is 9.14. The first kappa shape index (κ1) is 8.87. The second kappa shape index (κ2) is 3.45. The van der Waals surface area contributed by atoms with E-state index in [0.717, 1.165) is 5.57 Å². The summed E-state index contributed by atoms with van der Waals surface area (Å²) in [5, 5.41) is 9.36. The third kappa shape index (κ3) is 1.36. The second-order valence-electron chi connectivity index (χ2n) is 2.79. The number of carbonyl (C=O) groups excluding carboxylic acids is 2. The van der Waals surface area contributed by atoms with E-state index in [1.807, 2.05) is 0 Å². The van der Waals surface area contributed by atoms with E-state index in [1.54, 1.807) is 6.92 Å². The van der Waals surface area contributed by atoms with Gasteiger partial charge in [-0.05, 0) is 25.0 Å². The van der Waals surface area contributed by atoms with E-state index in [-0.39, 0.29) is 0 Å². The largest absolute Gasteiger partial charge is 0.388 e. The van der Waals surface area contributed by atoms with Crippen molar-refractivity contribution in [1.29, 1.82) is 0 Å². The molecule has 3 nitrogen and oxygen atoms in total. The molecule has 64 valence electrons. The Kier molecular flexibility index (Phi) is 2.55. The smallest absolute Gasteiger partial charge is 0.150 e. The summed E-state index contributed by atoms with van der Waals surface area (Å²) in [7, 11) is 0. The van der Waals surface area contributed by atoms with Crippen molar-refractivity contribution in [3.8, 4) is 0 Å². The topological polar surface area (TPSA) is 54.4 Å². The number of hydrogen-bond donors (Lipinski definition) is 1. The number of hydrogen-bond acceptors (Lipinski definition) is 3. The number of aldehydes is 2. The average Bonchev–Trinajstić information content (AvgIpc) is 2.28. The third-order valence-electron chi connectivity index (χ3n) is 1.99. The van der Waals surface area contributed by atoms with E-state index < -0.39 is 6.10 Å². The minimum atomic E-state index is -0.685. The van der Waals surface area contributed by atoms with Crippen molar-refractivity contribution < 1.29 is 14.7 Å². The lowest BCUT2D eigenvalue weighted by atomic mass is 10.1. The lowest BCUT2D eigenvalue weighted by Crippen LogP contribution is -2.05. The Labute approximate surface area is 70.4 Å². The first-order valence-corrected chi connectivity index (χ1v) is 3.69. The van der Waals surface area contributed by atoms with Crippen molar-refractivity contribution in [2.75, 3.05) is 0 Å². The highest BCUT2D eigenvalue weighted by Gasteiger charge is 2.24. The van der Waals surface area contributed by atoms with Crippen LogP contribution < -0.4 is 0 Å². The third-order valence-corrected chi connectivity index (χ3v) is 1.99. The molecule has 1 aliphatic carbocycles. The lowest BCUT2D eigenvalue weighted by molar-refractivity contribution is -0.104. The maximum atomic E-state index is 10.5. The summed E-state index contributed by atoms with van der Waals surface area (Å²) in [5.74, 6) is 0. The molecule has 0 bridgehead atoms. The standard InChI is InChI=1S/C9H10O3/c1-6-4-9(12)7(2-3-10)8(6)5-11/h2-3,5,9,12H,4H2,1H3/b7-2+/t9-/m0/s1. The molecule has 12 heavy (non-hydrogen) atoms. The molecule has 0 saturated heterocycles. The van der Waals surface area contributed by atoms with Crippen LogP contribution in [0.1, 0.15) is 13.3 Å². The molecule has 0 saturated carbocycles. The molecule has 0 aliphatic heterocycles. The van der Waals surface area contributed by atoms with Gasteiger partial charge >= 0.3 is 0 Å². The molecular weight excluding hydrogens is 156 g/mol. The Morgan fingerprint density at radius 3 is 2.67 bits per heavy atom. The van der Waals surface area contributed by atoms with E-state index >= 15 is 0 Å². The van der Waals surface area contributed by atoms with Crippen molar-refractivity contribution in [1.82, 2.24) is 0 Å². The molecule has 0 radical (unpaired) electrons. The summed E-state index contributed by atoms with van der Waals surface area (Å²) >= 11 is 0. The zero-order valence-electron chi connectivity index (χ0n) is 6.78. The molecule has 1 N–H and O–H groups in total. The summed E-state index contributed by atoms with van der Waals surface area (Å²) in [6.45, 7) is 1.78. The Morgan fingerprint density at radius 2 is 2.17 bits per heavy atom. The predicted molar refractivity (Wildman–Crippen MR) is 43.5 cm³/mol. The summed E-state index contributed by atoms with van der Waals surface area (Å²) in [6.07, 6.45) is 2.27. The van der Waals surface area contributed by atoms with Crippen molar-refractivity contribution in [3.05, 3.63) is 22.8 Å². The van der Waals surface area contributed by atoms with Crippen molar-refractivity contribution in [2.45, 2.75) is 19.4 Å². The second-order valence-corrected chi connectivity index (χ2v) is 2.79. The van der Waals surface area contributed by atoms with Crippen LogP contribution >= 0.6 is 0 Å². The number of carbonyl (C=O) groups is 2. The first-order valence-electron chi connectivity index (χ1n) is 3.69. The molecule has 1 atom stereocenters. The van der Waals surface area contributed by atoms with E-state index in [2.05, 4.69) is 0 Å². The van der Waals surface area contributed by atoms with Gasteiger partial charge in [0.1, 0.15) is 12.6 Å². The Morgan fingerprint density at radius 1 is 1.50 bits per heavy atom. The fourth-order valence-electron chi connectivity index (χ4n) is 1.38. The number of aliphatic hydroxyl groups excluding tert-OH is 1. The van der Waals surface area contributed by atoms with Crippen LogP contribution in [0, 0.1) is 0 Å². The zero-order valence-corrected chi connectivity index (χ0v) is 6.78. The molecule has 0 aromatic rings. The number of aliphatic hydroxyl groups is 1. The van der Waals surface area contributed by atoms with Gasteiger partial charge in [-0.2, -0.15) is 0 Å². The summed E-state index contributed by atoms with van der Waals surface area (Å²) < 4.78 is 0. The summed E-state index contributed by atoms with van der Waals surface area (Å²) in [6, 6.07) is 0. The van der Waals surface area contributed by atoms with Crippen LogP contribution in [0.25, 0.3) is 0 Å². The van der Waals surface area contributed by atoms with Crippen molar-refractivity contribution >= 4 is 12.6 Å². The fourth-order valence-corrected chi connectivity index (χ4v) is 1.38. The summed E-state index contributed by atoms with van der Waals surface area (Å²) in [4.78, 5) is 20.7. The Hall–Kier alpha value is -1.22. The average molecular weight is 166 g/mol. The molecule has 0 fully saturated rings. The minimum Gasteiger partial charge on any atom is -0.388 e. The van der Waals surface area contributed by atoms with Gasteiger partial charge in [0.05, 0.1) is 6.10 Å². The SMILES string of the molecule is CC1=C(C=O)/C(=C\C=O)[C@@H](O)C1. The maximum absolute atomic E-state index is 10.5. The molecule has 1 aliphatic rings. The summed E-state index contributed by atoms with van der Waals surface area (Å²) in [5.41, 5.74) is 1.75. The van der Waals surface area contributed by atoms with E-state index in [1.165, 1.54) is 6.08 Å². The van der Waals surface area contributed by atoms with Crippen LogP contribution in [0.15, 0.2) is 22.8 Å². The highest BCUT2D eigenvalue weighted by molar-refractivity contribution is 5.86. The van der Waals surface area contributed by atoms with Crippen LogP contribution in [-0.4, -0.2) is 23.8 Å². The maximum Gasteiger partial charge on any atom is 0.150 e. The normalized spacial score (nSPS) is 26.5. The molecule has 0 amide bonds. The Balaban J connectivity index is 3.06. The van der Waals surface area contributed by atoms with Gasteiger partial charge in [-0.15, -0.1) is 0 Å². The fraction of sp³-hybridized carbons (Fsp3) is 0.333. The van der Waals surface area contributed by atoms with E-state index in [9.17, 15) is 14.7 Å².